The molecule has 3 fully saturated rings. The molecule has 2 aromatic rings. The van der Waals surface area contributed by atoms with Crippen LogP contribution in [0.2, 0.25) is 0 Å². The summed E-state index contributed by atoms with van der Waals surface area (Å²) >= 11 is 0. The van der Waals surface area contributed by atoms with Gasteiger partial charge in [-0.1, -0.05) is 31.2 Å². The molecular weight excluding hydrogens is 414 g/mol. The summed E-state index contributed by atoms with van der Waals surface area (Å²) in [6.07, 6.45) is 10.6. The zero-order valence-electron chi connectivity index (χ0n) is 18.8. The van der Waals surface area contributed by atoms with Crippen LogP contribution in [0, 0.1) is 11.3 Å². The minimum absolute atomic E-state index is 0.0626. The number of fused-ring (bicyclic) bond motifs is 2. The van der Waals surface area contributed by atoms with Crippen LogP contribution in [0.5, 0.6) is 0 Å². The molecule has 5 nitrogen and oxygen atoms in total. The number of aliphatic hydroxyl groups is 2. The molecule has 2 spiro atoms. The quantitative estimate of drug-likeness (QED) is 0.697. The van der Waals surface area contributed by atoms with E-state index in [0.29, 0.717) is 17.4 Å². The van der Waals surface area contributed by atoms with Crippen molar-refractivity contribution in [3.63, 3.8) is 0 Å². The highest BCUT2D eigenvalue weighted by Crippen LogP contribution is 2.69. The maximum atomic E-state index is 12.5. The second-order valence-electron chi connectivity index (χ2n) is 11.2. The molecule has 1 saturated heterocycles. The van der Waals surface area contributed by atoms with Crippen LogP contribution in [-0.2, 0) is 9.53 Å². The minimum atomic E-state index is -1.34. The average Bonchev–Trinajstić information content (AvgIpc) is 3.33. The Labute approximate surface area is 193 Å². The molecule has 3 heterocycles. The Balaban J connectivity index is 1.31. The fourth-order valence-electron chi connectivity index (χ4n) is 8.14. The highest BCUT2D eigenvalue weighted by molar-refractivity contribution is 5.88. The Morgan fingerprint density at radius 2 is 1.97 bits per heavy atom. The van der Waals surface area contributed by atoms with Crippen molar-refractivity contribution in [2.75, 3.05) is 0 Å². The number of pyridine rings is 1. The number of aliphatic hydroxyl groups excluding tert-OH is 2. The van der Waals surface area contributed by atoms with Gasteiger partial charge in [0.15, 0.2) is 5.78 Å². The molecule has 170 valence electrons. The van der Waals surface area contributed by atoms with Crippen LogP contribution in [0.15, 0.2) is 60.0 Å². The van der Waals surface area contributed by atoms with Gasteiger partial charge in [0.25, 0.3) is 0 Å². The zero-order chi connectivity index (χ0) is 22.6. The smallest absolute Gasteiger partial charge is 0.167 e. The van der Waals surface area contributed by atoms with Gasteiger partial charge in [0.2, 0.25) is 0 Å². The number of aromatic nitrogens is 1. The van der Waals surface area contributed by atoms with Gasteiger partial charge in [-0.05, 0) is 83.6 Å². The first kappa shape index (κ1) is 20.1. The summed E-state index contributed by atoms with van der Waals surface area (Å²) in [5, 5.41) is 23.3. The van der Waals surface area contributed by atoms with Crippen LogP contribution in [0.4, 0.5) is 0 Å². The number of ether oxygens (including phenoxy) is 1. The van der Waals surface area contributed by atoms with Crippen molar-refractivity contribution >= 4 is 16.6 Å². The van der Waals surface area contributed by atoms with Crippen molar-refractivity contribution in [3.8, 4) is 0 Å². The molecule has 5 aliphatic rings. The molecule has 7 rings (SSSR count). The van der Waals surface area contributed by atoms with Crippen LogP contribution in [0.25, 0.3) is 10.8 Å². The third-order valence-electron chi connectivity index (χ3n) is 9.74. The lowest BCUT2D eigenvalue weighted by molar-refractivity contribution is -0.164. The number of allylic oxidation sites excluding steroid dienone is 1. The maximum Gasteiger partial charge on any atom is 0.167 e. The lowest BCUT2D eigenvalue weighted by Gasteiger charge is -2.54. The molecule has 1 aromatic carbocycles. The van der Waals surface area contributed by atoms with Crippen LogP contribution < -0.4 is 0 Å². The first-order valence-corrected chi connectivity index (χ1v) is 12.2. The molecule has 2 N–H and O–H groups in total. The van der Waals surface area contributed by atoms with E-state index >= 15 is 0 Å². The molecule has 2 bridgehead atoms. The van der Waals surface area contributed by atoms with Crippen LogP contribution in [-0.4, -0.2) is 44.4 Å². The third kappa shape index (κ3) is 2.43. The van der Waals surface area contributed by atoms with Crippen molar-refractivity contribution in [3.05, 3.63) is 65.5 Å². The first-order valence-electron chi connectivity index (χ1n) is 12.2. The van der Waals surface area contributed by atoms with Crippen molar-refractivity contribution in [1.29, 1.82) is 0 Å². The molecule has 1 aromatic heterocycles. The van der Waals surface area contributed by atoms with E-state index < -0.39 is 23.4 Å². The predicted molar refractivity (Wildman–Crippen MR) is 124 cm³/mol. The van der Waals surface area contributed by atoms with Gasteiger partial charge >= 0.3 is 0 Å². The van der Waals surface area contributed by atoms with Crippen LogP contribution in [0.3, 0.4) is 0 Å². The lowest BCUT2D eigenvalue weighted by atomic mass is 9.58. The van der Waals surface area contributed by atoms with Gasteiger partial charge in [-0.15, -0.1) is 0 Å². The summed E-state index contributed by atoms with van der Waals surface area (Å²) in [6.45, 7) is 2.42. The second-order valence-corrected chi connectivity index (χ2v) is 11.2. The topological polar surface area (TPSA) is 79.7 Å². The van der Waals surface area contributed by atoms with E-state index in [1.54, 1.807) is 0 Å². The first-order chi connectivity index (χ1) is 15.9. The largest absolute Gasteiger partial charge is 0.385 e. The summed E-state index contributed by atoms with van der Waals surface area (Å²) in [4.78, 5) is 16.8. The summed E-state index contributed by atoms with van der Waals surface area (Å²) in [6, 6.07) is 8.86. The summed E-state index contributed by atoms with van der Waals surface area (Å²) < 4.78 is 6.96. The molecular formula is C28H29NO4. The molecule has 5 heteroatoms. The van der Waals surface area contributed by atoms with E-state index in [1.165, 1.54) is 16.3 Å². The van der Waals surface area contributed by atoms with Gasteiger partial charge < -0.3 is 14.9 Å². The fourth-order valence-corrected chi connectivity index (χ4v) is 8.14. The molecule has 33 heavy (non-hydrogen) atoms. The fraction of sp³-hybridized carbons (Fsp3) is 0.500. The average molecular weight is 444 g/mol. The highest BCUT2D eigenvalue weighted by atomic mass is 16.5. The Hall–Kier alpha value is -2.34. The highest BCUT2D eigenvalue weighted by Gasteiger charge is 2.68. The minimum Gasteiger partial charge on any atom is -0.385 e. The molecule has 3 aliphatic carbocycles. The zero-order valence-corrected chi connectivity index (χ0v) is 18.8. The molecule has 7 atom stereocenters. The number of ketones is 1. The van der Waals surface area contributed by atoms with Gasteiger partial charge in [-0.2, -0.15) is 0 Å². The van der Waals surface area contributed by atoms with E-state index in [2.05, 4.69) is 48.3 Å². The van der Waals surface area contributed by atoms with Crippen LogP contribution in [0.1, 0.15) is 56.9 Å². The molecule has 1 unspecified atom stereocenters. The summed E-state index contributed by atoms with van der Waals surface area (Å²) in [5.41, 5.74) is 2.14. The number of hydrogen-bond donors (Lipinski definition) is 2. The third-order valence-corrected chi connectivity index (χ3v) is 9.74. The van der Waals surface area contributed by atoms with E-state index in [4.69, 9.17) is 4.74 Å². The van der Waals surface area contributed by atoms with Crippen molar-refractivity contribution in [2.24, 2.45) is 11.3 Å². The Morgan fingerprint density at radius 3 is 2.85 bits per heavy atom. The Morgan fingerprint density at radius 1 is 1.09 bits per heavy atom. The maximum absolute atomic E-state index is 12.5. The standard InChI is InChI=1S/C28H29NO4/c1-26-8-6-19-13-21-24(31)25(32)22(30)14-27(21)9-10-28(19,33-27)23(26)5-4-20(26)17-3-2-16-7-11-29-15-18(16)12-17/h2-3,6-7,11-13,15,20,23-25,31-32H,4-5,8-10,14H2,1H3/t20-,23-,24+,25+,26-,27-,28?/m1/s1. The summed E-state index contributed by atoms with van der Waals surface area (Å²) in [5.74, 6) is 0.484. The molecule has 2 saturated carbocycles. The van der Waals surface area contributed by atoms with Crippen molar-refractivity contribution in [1.82, 2.24) is 4.98 Å². The van der Waals surface area contributed by atoms with Gasteiger partial charge in [0.1, 0.15) is 17.8 Å². The Kier molecular flexibility index (Phi) is 3.90. The number of rotatable bonds is 1. The normalized spacial score (nSPS) is 43.5. The van der Waals surface area contributed by atoms with Crippen LogP contribution >= 0.6 is 0 Å². The van der Waals surface area contributed by atoms with Gasteiger partial charge in [-0.25, -0.2) is 0 Å². The number of benzene rings is 1. The number of carbonyl (C=O) groups excluding carboxylic acids is 1. The predicted octanol–water partition coefficient (Wildman–Crippen LogP) is 3.99. The second kappa shape index (κ2) is 6.41. The molecule has 0 amide bonds. The van der Waals surface area contributed by atoms with Crippen molar-refractivity contribution < 1.29 is 19.7 Å². The van der Waals surface area contributed by atoms with E-state index in [0.717, 1.165) is 37.7 Å². The number of Topliss-reactive ketones (excluding diaryl/α,β-unsaturated/α-hetero) is 1. The lowest BCUT2D eigenvalue weighted by Crippen LogP contribution is -2.58. The van der Waals surface area contributed by atoms with E-state index in [9.17, 15) is 15.0 Å². The summed E-state index contributed by atoms with van der Waals surface area (Å²) in [7, 11) is 0. The molecule has 0 radical (unpaired) electrons. The van der Waals surface area contributed by atoms with E-state index in [1.807, 2.05) is 12.4 Å². The van der Waals surface area contributed by atoms with Gasteiger partial charge in [0, 0.05) is 24.2 Å². The number of nitrogens with zero attached hydrogens (tertiary/aromatic N) is 1. The van der Waals surface area contributed by atoms with Gasteiger partial charge in [-0.3, -0.25) is 9.78 Å². The number of hydrogen-bond acceptors (Lipinski definition) is 5. The van der Waals surface area contributed by atoms with Crippen molar-refractivity contribution in [2.45, 2.75) is 74.8 Å². The monoisotopic (exact) mass is 443 g/mol. The molecule has 2 aliphatic heterocycles. The van der Waals surface area contributed by atoms with E-state index in [-0.39, 0.29) is 17.6 Å². The SMILES string of the molecule is C[C@]12CC=C3C=C4[C@H](O)[C@@H](O)C(=O)C[C@]45CCC3(O5)[C@@H]1CC[C@@H]2c1ccc2ccncc2c1. The van der Waals surface area contributed by atoms with Gasteiger partial charge in [0.05, 0.1) is 5.60 Å². The number of carbonyl (C=O) groups is 1. The Bertz CT molecular complexity index is 1270.